The summed E-state index contributed by atoms with van der Waals surface area (Å²) in [6.45, 7) is 5.48. The molecule has 0 saturated carbocycles. The zero-order valence-electron chi connectivity index (χ0n) is 19.1. The van der Waals surface area contributed by atoms with Crippen LogP contribution in [0.5, 0.6) is 11.5 Å². The number of hydrogen-bond acceptors (Lipinski definition) is 5. The van der Waals surface area contributed by atoms with Gasteiger partial charge in [-0.2, -0.15) is 4.31 Å². The largest absolute Gasteiger partial charge is 0.493 e. The van der Waals surface area contributed by atoms with E-state index in [9.17, 15) is 8.42 Å². The first-order chi connectivity index (χ1) is 16.0. The SMILES string of the molecule is COc1cc(CN2CCN(S(=O)(=O)c3ccc(C)cc3)CC2)ccc1OCc1ccccc1. The maximum Gasteiger partial charge on any atom is 0.243 e. The molecule has 0 spiro atoms. The molecule has 33 heavy (non-hydrogen) atoms. The van der Waals surface area contributed by atoms with Crippen molar-refractivity contribution in [3.63, 3.8) is 0 Å². The maximum absolute atomic E-state index is 12.9. The van der Waals surface area contributed by atoms with Crippen LogP contribution in [0.4, 0.5) is 0 Å². The van der Waals surface area contributed by atoms with Crippen LogP contribution in [0.2, 0.25) is 0 Å². The normalized spacial score (nSPS) is 15.3. The molecule has 1 aliphatic heterocycles. The van der Waals surface area contributed by atoms with Gasteiger partial charge in [-0.1, -0.05) is 54.1 Å². The van der Waals surface area contributed by atoms with Crippen LogP contribution in [0.3, 0.4) is 0 Å². The van der Waals surface area contributed by atoms with Crippen molar-refractivity contribution in [3.05, 3.63) is 89.5 Å². The number of piperazine rings is 1. The second kappa shape index (κ2) is 10.4. The Morgan fingerprint density at radius 1 is 0.818 bits per heavy atom. The van der Waals surface area contributed by atoms with Gasteiger partial charge in [0.25, 0.3) is 0 Å². The summed E-state index contributed by atoms with van der Waals surface area (Å²) in [5, 5.41) is 0. The highest BCUT2D eigenvalue weighted by Gasteiger charge is 2.28. The lowest BCUT2D eigenvalue weighted by molar-refractivity contribution is 0.181. The van der Waals surface area contributed by atoms with Crippen LogP contribution in [0, 0.1) is 6.92 Å². The summed E-state index contributed by atoms with van der Waals surface area (Å²) in [5.74, 6) is 1.41. The van der Waals surface area contributed by atoms with Crippen molar-refractivity contribution in [2.45, 2.75) is 25.0 Å². The standard InChI is InChI=1S/C26H30N2O4S/c1-21-8-11-24(12-9-21)33(29,30)28-16-14-27(15-17-28)19-23-10-13-25(26(18-23)31-2)32-20-22-6-4-3-5-7-22/h3-13,18H,14-17,19-20H2,1-2H3. The van der Waals surface area contributed by atoms with Crippen LogP contribution in [-0.2, 0) is 23.2 Å². The molecule has 7 heteroatoms. The van der Waals surface area contributed by atoms with Crippen LogP contribution in [0.15, 0.2) is 77.7 Å². The monoisotopic (exact) mass is 466 g/mol. The summed E-state index contributed by atoms with van der Waals surface area (Å²) >= 11 is 0. The topological polar surface area (TPSA) is 59.1 Å². The lowest BCUT2D eigenvalue weighted by atomic mass is 10.1. The Morgan fingerprint density at radius 3 is 2.18 bits per heavy atom. The molecule has 4 rings (SSSR count). The van der Waals surface area contributed by atoms with Gasteiger partial charge in [0.15, 0.2) is 11.5 Å². The number of benzene rings is 3. The van der Waals surface area contributed by atoms with Crippen LogP contribution in [0.1, 0.15) is 16.7 Å². The van der Waals surface area contributed by atoms with Gasteiger partial charge in [0, 0.05) is 32.7 Å². The molecule has 0 aromatic heterocycles. The first-order valence-corrected chi connectivity index (χ1v) is 12.5. The first-order valence-electron chi connectivity index (χ1n) is 11.1. The third-order valence-corrected chi connectivity index (χ3v) is 7.77. The maximum atomic E-state index is 12.9. The molecule has 0 aliphatic carbocycles. The smallest absolute Gasteiger partial charge is 0.243 e. The van der Waals surface area contributed by atoms with E-state index in [0.29, 0.717) is 49.2 Å². The van der Waals surface area contributed by atoms with Crippen LogP contribution >= 0.6 is 0 Å². The van der Waals surface area contributed by atoms with Gasteiger partial charge in [-0.25, -0.2) is 8.42 Å². The quantitative estimate of drug-likeness (QED) is 0.501. The van der Waals surface area contributed by atoms with Gasteiger partial charge in [-0.15, -0.1) is 0 Å². The van der Waals surface area contributed by atoms with E-state index in [0.717, 1.165) is 23.2 Å². The van der Waals surface area contributed by atoms with Gasteiger partial charge in [0.2, 0.25) is 10.0 Å². The van der Waals surface area contributed by atoms with E-state index in [4.69, 9.17) is 9.47 Å². The van der Waals surface area contributed by atoms with E-state index < -0.39 is 10.0 Å². The van der Waals surface area contributed by atoms with Crippen LogP contribution in [0.25, 0.3) is 0 Å². The van der Waals surface area contributed by atoms with E-state index in [1.165, 1.54) is 0 Å². The van der Waals surface area contributed by atoms with Gasteiger partial charge in [-0.3, -0.25) is 4.90 Å². The predicted molar refractivity (Wildman–Crippen MR) is 129 cm³/mol. The van der Waals surface area contributed by atoms with Gasteiger partial charge >= 0.3 is 0 Å². The summed E-state index contributed by atoms with van der Waals surface area (Å²) in [6, 6.07) is 23.0. The molecule has 0 radical (unpaired) electrons. The minimum Gasteiger partial charge on any atom is -0.493 e. The summed E-state index contributed by atoms with van der Waals surface area (Å²) in [6.07, 6.45) is 0. The highest BCUT2D eigenvalue weighted by Crippen LogP contribution is 2.29. The summed E-state index contributed by atoms with van der Waals surface area (Å²) in [5.41, 5.74) is 3.25. The van der Waals surface area contributed by atoms with Crippen molar-refractivity contribution in [1.29, 1.82) is 0 Å². The van der Waals surface area contributed by atoms with E-state index in [1.807, 2.05) is 67.6 Å². The van der Waals surface area contributed by atoms with Crippen LogP contribution < -0.4 is 9.47 Å². The third-order valence-electron chi connectivity index (χ3n) is 5.86. The molecule has 1 saturated heterocycles. The molecule has 0 N–H and O–H groups in total. The molecule has 1 fully saturated rings. The summed E-state index contributed by atoms with van der Waals surface area (Å²) in [7, 11) is -1.81. The Balaban J connectivity index is 1.34. The highest BCUT2D eigenvalue weighted by molar-refractivity contribution is 7.89. The third kappa shape index (κ3) is 5.74. The second-order valence-corrected chi connectivity index (χ2v) is 10.2. The van der Waals surface area contributed by atoms with Gasteiger partial charge < -0.3 is 9.47 Å². The fourth-order valence-electron chi connectivity index (χ4n) is 3.91. The fourth-order valence-corrected chi connectivity index (χ4v) is 5.33. The molecule has 6 nitrogen and oxygen atoms in total. The van der Waals surface area contributed by atoms with Gasteiger partial charge in [0.1, 0.15) is 6.61 Å². The minimum atomic E-state index is -3.45. The number of sulfonamides is 1. The Bertz CT molecular complexity index is 1160. The molecule has 0 amide bonds. The molecule has 3 aromatic carbocycles. The highest BCUT2D eigenvalue weighted by atomic mass is 32.2. The summed E-state index contributed by atoms with van der Waals surface area (Å²) in [4.78, 5) is 2.62. The average molecular weight is 467 g/mol. The van der Waals surface area contributed by atoms with Crippen molar-refractivity contribution in [2.75, 3.05) is 33.3 Å². The second-order valence-electron chi connectivity index (χ2n) is 8.25. The average Bonchev–Trinajstić information content (AvgIpc) is 2.84. The van der Waals surface area contributed by atoms with Crippen molar-refractivity contribution >= 4 is 10.0 Å². The zero-order chi connectivity index (χ0) is 23.3. The molecule has 0 unspecified atom stereocenters. The molecular formula is C26H30N2O4S. The van der Waals surface area contributed by atoms with Crippen molar-refractivity contribution in [2.24, 2.45) is 0 Å². The molecule has 1 heterocycles. The van der Waals surface area contributed by atoms with Crippen molar-refractivity contribution in [3.8, 4) is 11.5 Å². The number of methoxy groups -OCH3 is 1. The lowest BCUT2D eigenvalue weighted by Crippen LogP contribution is -2.48. The molecule has 174 valence electrons. The Kier molecular flexibility index (Phi) is 7.33. The minimum absolute atomic E-state index is 0.359. The number of hydrogen-bond donors (Lipinski definition) is 0. The molecular weight excluding hydrogens is 436 g/mol. The number of aryl methyl sites for hydroxylation is 1. The Hall–Kier alpha value is -2.87. The van der Waals surface area contributed by atoms with E-state index in [2.05, 4.69) is 4.90 Å². The Labute approximate surface area is 196 Å². The summed E-state index contributed by atoms with van der Waals surface area (Å²) < 4.78 is 38.9. The van der Waals surface area contributed by atoms with E-state index in [1.54, 1.807) is 23.5 Å². The fraction of sp³-hybridized carbons (Fsp3) is 0.308. The zero-order valence-corrected chi connectivity index (χ0v) is 19.9. The molecule has 3 aromatic rings. The molecule has 0 bridgehead atoms. The van der Waals surface area contributed by atoms with Gasteiger partial charge in [0.05, 0.1) is 12.0 Å². The van der Waals surface area contributed by atoms with Crippen molar-refractivity contribution in [1.82, 2.24) is 9.21 Å². The lowest BCUT2D eigenvalue weighted by Gasteiger charge is -2.34. The number of ether oxygens (including phenoxy) is 2. The molecule has 1 aliphatic rings. The van der Waals surface area contributed by atoms with Gasteiger partial charge in [-0.05, 0) is 42.3 Å². The molecule has 0 atom stereocenters. The van der Waals surface area contributed by atoms with Crippen LogP contribution in [-0.4, -0.2) is 50.9 Å². The van der Waals surface area contributed by atoms with E-state index in [-0.39, 0.29) is 0 Å². The number of nitrogens with zero attached hydrogens (tertiary/aromatic N) is 2. The van der Waals surface area contributed by atoms with E-state index >= 15 is 0 Å². The van der Waals surface area contributed by atoms with Crippen molar-refractivity contribution < 1.29 is 17.9 Å². The first kappa shape index (κ1) is 23.3. The number of rotatable bonds is 8. The Morgan fingerprint density at radius 2 is 1.52 bits per heavy atom. The predicted octanol–water partition coefficient (Wildman–Crippen LogP) is 4.09.